The number of nitrogens with one attached hydrogen (secondary N) is 1. The molecule has 0 fully saturated rings. The fraction of sp³-hybridized carbons (Fsp3) is 0.167. The van der Waals surface area contributed by atoms with Gasteiger partial charge in [-0.1, -0.05) is 18.2 Å². The Hall–Kier alpha value is -4.20. The first-order valence-electron chi connectivity index (χ1n) is 10.1. The highest BCUT2D eigenvalue weighted by Crippen LogP contribution is 2.25. The lowest BCUT2D eigenvalue weighted by atomic mass is 10.1. The molecule has 0 spiro atoms. The van der Waals surface area contributed by atoms with Gasteiger partial charge in [-0.3, -0.25) is 19.3 Å². The number of hydrogen-bond acceptors (Lipinski definition) is 5. The van der Waals surface area contributed by atoms with Crippen molar-refractivity contribution in [1.29, 1.82) is 0 Å². The maximum absolute atomic E-state index is 12.9. The highest BCUT2D eigenvalue weighted by Gasteiger charge is 2.17. The third-order valence-corrected chi connectivity index (χ3v) is 5.21. The summed E-state index contributed by atoms with van der Waals surface area (Å²) in [6.45, 7) is 0.375. The number of nitrogen functional groups attached to an aromatic ring is 1. The van der Waals surface area contributed by atoms with Gasteiger partial charge in [-0.25, -0.2) is 0 Å². The van der Waals surface area contributed by atoms with Crippen LogP contribution in [0.1, 0.15) is 26.4 Å². The number of nitrogens with zero attached hydrogens (tertiary/aromatic N) is 4. The van der Waals surface area contributed by atoms with E-state index in [0.29, 0.717) is 29.2 Å². The van der Waals surface area contributed by atoms with Crippen molar-refractivity contribution in [2.24, 2.45) is 7.05 Å². The van der Waals surface area contributed by atoms with E-state index in [1.165, 1.54) is 4.90 Å². The standard InChI is InChI=1S/C24H24N6O2/c1-29(2)24(32)17-6-10-20(26-14-17)16-7-11-21-19(12-16)22(28-30(21)3)23(31)27-13-15-4-8-18(25)9-5-15/h4-12,14H,13,25H2,1-3H3,(H,27,31). The molecular weight excluding hydrogens is 404 g/mol. The molecule has 0 saturated heterocycles. The highest BCUT2D eigenvalue weighted by atomic mass is 16.2. The van der Waals surface area contributed by atoms with Crippen LogP contribution < -0.4 is 11.1 Å². The Kier molecular flexibility index (Phi) is 5.59. The topological polar surface area (TPSA) is 106 Å². The van der Waals surface area contributed by atoms with Gasteiger partial charge in [0, 0.05) is 50.5 Å². The summed E-state index contributed by atoms with van der Waals surface area (Å²) in [4.78, 5) is 30.9. The number of anilines is 1. The van der Waals surface area contributed by atoms with Crippen LogP contribution in [0, 0.1) is 0 Å². The molecule has 0 unspecified atom stereocenters. The van der Waals surface area contributed by atoms with Crippen molar-refractivity contribution in [1.82, 2.24) is 25.0 Å². The molecule has 0 atom stereocenters. The van der Waals surface area contributed by atoms with E-state index in [9.17, 15) is 9.59 Å². The first kappa shape index (κ1) is 21.0. The molecule has 4 rings (SSSR count). The van der Waals surface area contributed by atoms with Crippen LogP contribution in [0.25, 0.3) is 22.2 Å². The van der Waals surface area contributed by atoms with E-state index >= 15 is 0 Å². The van der Waals surface area contributed by atoms with Crippen LogP contribution in [0.2, 0.25) is 0 Å². The van der Waals surface area contributed by atoms with E-state index in [-0.39, 0.29) is 11.8 Å². The molecule has 8 heteroatoms. The van der Waals surface area contributed by atoms with Crippen molar-refractivity contribution in [2.45, 2.75) is 6.54 Å². The third-order valence-electron chi connectivity index (χ3n) is 5.21. The zero-order chi connectivity index (χ0) is 22.8. The van der Waals surface area contributed by atoms with Crippen molar-refractivity contribution in [2.75, 3.05) is 19.8 Å². The van der Waals surface area contributed by atoms with Gasteiger partial charge in [0.25, 0.3) is 11.8 Å². The second-order valence-electron chi connectivity index (χ2n) is 7.76. The van der Waals surface area contributed by atoms with Crippen LogP contribution in [-0.2, 0) is 13.6 Å². The quantitative estimate of drug-likeness (QED) is 0.476. The number of hydrogen-bond donors (Lipinski definition) is 2. The molecule has 4 aromatic rings. The summed E-state index contributed by atoms with van der Waals surface area (Å²) in [6, 6.07) is 16.6. The Balaban J connectivity index is 1.61. The molecule has 0 saturated carbocycles. The average Bonchev–Trinajstić information content (AvgIpc) is 3.14. The number of pyridine rings is 1. The van der Waals surface area contributed by atoms with Crippen molar-refractivity contribution in [3.05, 3.63) is 77.6 Å². The summed E-state index contributed by atoms with van der Waals surface area (Å²) < 4.78 is 1.68. The molecule has 2 amide bonds. The van der Waals surface area contributed by atoms with Gasteiger partial charge < -0.3 is 16.0 Å². The molecule has 2 heterocycles. The van der Waals surface area contributed by atoms with E-state index in [1.54, 1.807) is 56.3 Å². The Morgan fingerprint density at radius 2 is 1.81 bits per heavy atom. The number of nitrogens with two attached hydrogens (primary N) is 1. The summed E-state index contributed by atoms with van der Waals surface area (Å²) in [5.41, 5.74) is 10.6. The fourth-order valence-electron chi connectivity index (χ4n) is 3.44. The van der Waals surface area contributed by atoms with Gasteiger partial charge in [0.15, 0.2) is 5.69 Å². The number of benzene rings is 2. The smallest absolute Gasteiger partial charge is 0.272 e. The van der Waals surface area contributed by atoms with Gasteiger partial charge >= 0.3 is 0 Å². The maximum atomic E-state index is 12.9. The van der Waals surface area contributed by atoms with E-state index in [2.05, 4.69) is 15.4 Å². The van der Waals surface area contributed by atoms with Gasteiger partial charge in [-0.2, -0.15) is 5.10 Å². The fourth-order valence-corrected chi connectivity index (χ4v) is 3.44. The van der Waals surface area contributed by atoms with Crippen molar-refractivity contribution < 1.29 is 9.59 Å². The van der Waals surface area contributed by atoms with E-state index in [0.717, 1.165) is 22.0 Å². The van der Waals surface area contributed by atoms with Crippen LogP contribution in [-0.4, -0.2) is 45.6 Å². The summed E-state index contributed by atoms with van der Waals surface area (Å²) in [5.74, 6) is -0.365. The predicted molar refractivity (Wildman–Crippen MR) is 124 cm³/mol. The lowest BCUT2D eigenvalue weighted by molar-refractivity contribution is 0.0826. The number of fused-ring (bicyclic) bond motifs is 1. The Labute approximate surface area is 185 Å². The second-order valence-corrected chi connectivity index (χ2v) is 7.76. The number of aromatic nitrogens is 3. The zero-order valence-corrected chi connectivity index (χ0v) is 18.2. The molecular formula is C24H24N6O2. The number of carbonyl (C=O) groups excluding carboxylic acids is 2. The molecule has 3 N–H and O–H groups in total. The van der Waals surface area contributed by atoms with Crippen LogP contribution in [0.4, 0.5) is 5.69 Å². The van der Waals surface area contributed by atoms with Gasteiger partial charge in [-0.15, -0.1) is 0 Å². The van der Waals surface area contributed by atoms with Crippen molar-refractivity contribution in [3.63, 3.8) is 0 Å². The predicted octanol–water partition coefficient (Wildman–Crippen LogP) is 2.85. The second kappa shape index (κ2) is 8.50. The largest absolute Gasteiger partial charge is 0.399 e. The molecule has 162 valence electrons. The minimum atomic E-state index is -0.260. The first-order chi connectivity index (χ1) is 15.3. The van der Waals surface area contributed by atoms with Crippen LogP contribution in [0.3, 0.4) is 0 Å². The Morgan fingerprint density at radius 3 is 2.47 bits per heavy atom. The van der Waals surface area contributed by atoms with Crippen molar-refractivity contribution >= 4 is 28.4 Å². The summed E-state index contributed by atoms with van der Waals surface area (Å²) in [7, 11) is 5.21. The first-order valence-corrected chi connectivity index (χ1v) is 10.1. The van der Waals surface area contributed by atoms with E-state index < -0.39 is 0 Å². The Bertz CT molecular complexity index is 1290. The SMILES string of the molecule is CN(C)C(=O)c1ccc(-c2ccc3c(c2)c(C(=O)NCc2ccc(N)cc2)nn3C)nc1. The number of carbonyl (C=O) groups is 2. The molecule has 0 radical (unpaired) electrons. The van der Waals surface area contributed by atoms with Gasteiger partial charge in [0.2, 0.25) is 0 Å². The zero-order valence-electron chi connectivity index (χ0n) is 18.2. The van der Waals surface area contributed by atoms with Gasteiger partial charge in [0.1, 0.15) is 0 Å². The normalized spacial score (nSPS) is 10.8. The number of aryl methyl sites for hydroxylation is 1. The maximum Gasteiger partial charge on any atom is 0.272 e. The van der Waals surface area contributed by atoms with Crippen LogP contribution in [0.15, 0.2) is 60.8 Å². The Morgan fingerprint density at radius 1 is 1.06 bits per heavy atom. The molecule has 0 aliphatic heterocycles. The minimum absolute atomic E-state index is 0.105. The molecule has 2 aromatic carbocycles. The third kappa shape index (κ3) is 4.15. The molecule has 0 aliphatic carbocycles. The van der Waals surface area contributed by atoms with E-state index in [1.807, 2.05) is 30.3 Å². The number of rotatable bonds is 5. The lowest BCUT2D eigenvalue weighted by Crippen LogP contribution is -2.23. The molecule has 0 aliphatic rings. The number of amides is 2. The monoisotopic (exact) mass is 428 g/mol. The van der Waals surface area contributed by atoms with Gasteiger partial charge in [-0.05, 0) is 42.0 Å². The summed E-state index contributed by atoms with van der Waals surface area (Å²) >= 11 is 0. The minimum Gasteiger partial charge on any atom is -0.399 e. The summed E-state index contributed by atoms with van der Waals surface area (Å²) in [6.07, 6.45) is 1.56. The van der Waals surface area contributed by atoms with Crippen LogP contribution >= 0.6 is 0 Å². The molecule has 8 nitrogen and oxygen atoms in total. The van der Waals surface area contributed by atoms with Gasteiger partial charge in [0.05, 0.1) is 16.8 Å². The average molecular weight is 428 g/mol. The summed E-state index contributed by atoms with van der Waals surface area (Å²) in [5, 5.41) is 8.07. The highest BCUT2D eigenvalue weighted by molar-refractivity contribution is 6.05. The van der Waals surface area contributed by atoms with Crippen molar-refractivity contribution in [3.8, 4) is 11.3 Å². The molecule has 32 heavy (non-hydrogen) atoms. The lowest BCUT2D eigenvalue weighted by Gasteiger charge is -2.10. The molecule has 2 aromatic heterocycles. The van der Waals surface area contributed by atoms with Crippen LogP contribution in [0.5, 0.6) is 0 Å². The van der Waals surface area contributed by atoms with E-state index in [4.69, 9.17) is 5.73 Å². The molecule has 0 bridgehead atoms.